The quantitative estimate of drug-likeness (QED) is 0.682. The van der Waals surface area contributed by atoms with Crippen molar-refractivity contribution in [2.24, 2.45) is 0 Å². The van der Waals surface area contributed by atoms with Crippen LogP contribution in [0.15, 0.2) is 12.1 Å². The topological polar surface area (TPSA) is 60.7 Å². The number of phenols is 1. The van der Waals surface area contributed by atoms with Crippen molar-refractivity contribution < 1.29 is 14.9 Å². The summed E-state index contributed by atoms with van der Waals surface area (Å²) in [4.78, 5) is 21.7. The van der Waals surface area contributed by atoms with E-state index in [1.54, 1.807) is 0 Å². The standard InChI is InChI=1S/C19H35O3P/c1-9-23(21,22,10-2)13-14-11-15(18(3,4)5)17(20)16(12-14)19(6,7)8/h11-12,20-22H,9-10,13H2,1-8H3. The van der Waals surface area contributed by atoms with E-state index < -0.39 is 7.06 Å². The van der Waals surface area contributed by atoms with Gasteiger partial charge >= 0.3 is 141 Å². The van der Waals surface area contributed by atoms with Gasteiger partial charge in [-0.3, -0.25) is 0 Å². The zero-order chi connectivity index (χ0) is 18.3. The van der Waals surface area contributed by atoms with Gasteiger partial charge in [-0.15, -0.1) is 0 Å². The average molecular weight is 342 g/mol. The molecule has 0 unspecified atom stereocenters. The predicted octanol–water partition coefficient (Wildman–Crippen LogP) is 4.89. The molecule has 23 heavy (non-hydrogen) atoms. The maximum absolute atomic E-state index is 10.8. The molecule has 0 aliphatic heterocycles. The van der Waals surface area contributed by atoms with Crippen molar-refractivity contribution in [3.63, 3.8) is 0 Å². The van der Waals surface area contributed by atoms with Crippen LogP contribution in [-0.4, -0.2) is 27.2 Å². The minimum absolute atomic E-state index is 0.208. The van der Waals surface area contributed by atoms with Crippen LogP contribution in [0.25, 0.3) is 0 Å². The molecule has 134 valence electrons. The van der Waals surface area contributed by atoms with Crippen LogP contribution in [0.3, 0.4) is 0 Å². The normalized spacial score (nSPS) is 15.3. The average Bonchev–Trinajstić information content (AvgIpc) is 2.38. The molecule has 1 aromatic carbocycles. The van der Waals surface area contributed by atoms with Gasteiger partial charge in [0.1, 0.15) is 0 Å². The number of rotatable bonds is 4. The van der Waals surface area contributed by atoms with Gasteiger partial charge in [0, 0.05) is 0 Å². The maximum atomic E-state index is 10.8. The molecule has 1 rings (SSSR count). The summed E-state index contributed by atoms with van der Waals surface area (Å²) in [5.74, 6) is 0.331. The fourth-order valence-electron chi connectivity index (χ4n) is 2.80. The third kappa shape index (κ3) is 4.68. The van der Waals surface area contributed by atoms with Crippen molar-refractivity contribution in [2.45, 2.75) is 72.4 Å². The predicted molar refractivity (Wildman–Crippen MR) is 102 cm³/mol. The molecule has 0 amide bonds. The van der Waals surface area contributed by atoms with E-state index in [-0.39, 0.29) is 17.0 Å². The van der Waals surface area contributed by atoms with Crippen molar-refractivity contribution in [3.05, 3.63) is 28.8 Å². The van der Waals surface area contributed by atoms with E-state index in [0.29, 0.717) is 18.1 Å². The van der Waals surface area contributed by atoms with Gasteiger partial charge in [-0.1, -0.05) is 0 Å². The molecular formula is C19H35O3P. The number of hydrogen-bond donors (Lipinski definition) is 3. The zero-order valence-electron chi connectivity index (χ0n) is 16.1. The van der Waals surface area contributed by atoms with E-state index in [2.05, 4.69) is 41.5 Å². The third-order valence-electron chi connectivity index (χ3n) is 4.79. The molecular weight excluding hydrogens is 307 g/mol. The van der Waals surface area contributed by atoms with Crippen LogP contribution in [-0.2, 0) is 17.0 Å². The van der Waals surface area contributed by atoms with E-state index in [4.69, 9.17) is 0 Å². The molecule has 0 aliphatic rings. The summed E-state index contributed by atoms with van der Waals surface area (Å²) in [5.41, 5.74) is 2.22. The van der Waals surface area contributed by atoms with Crippen LogP contribution in [0, 0.1) is 0 Å². The van der Waals surface area contributed by atoms with Crippen molar-refractivity contribution in [3.8, 4) is 5.75 Å². The van der Waals surface area contributed by atoms with E-state index in [9.17, 15) is 14.9 Å². The SMILES string of the molecule is CCP(O)(O)(CC)Cc1cc(C(C)(C)C)c(O)c(C(C)(C)C)c1. The Morgan fingerprint density at radius 2 is 1.17 bits per heavy atom. The van der Waals surface area contributed by atoms with Crippen molar-refractivity contribution >= 4 is 7.06 Å². The Bertz CT molecular complexity index is 534. The first-order chi connectivity index (χ1) is 10.1. The Hall–Kier alpha value is -0.630. The summed E-state index contributed by atoms with van der Waals surface area (Å²) >= 11 is 0. The van der Waals surface area contributed by atoms with Crippen LogP contribution in [0.2, 0.25) is 0 Å². The minimum atomic E-state index is -3.68. The monoisotopic (exact) mass is 342 g/mol. The molecule has 0 heterocycles. The van der Waals surface area contributed by atoms with Crippen molar-refractivity contribution in [2.75, 3.05) is 12.3 Å². The third-order valence-corrected chi connectivity index (χ3v) is 8.81. The summed E-state index contributed by atoms with van der Waals surface area (Å²) in [6.07, 6.45) is 1.06. The molecule has 0 radical (unpaired) electrons. The fraction of sp³-hybridized carbons (Fsp3) is 0.684. The van der Waals surface area contributed by atoms with Crippen LogP contribution in [0.4, 0.5) is 0 Å². The molecule has 0 saturated heterocycles. The first-order valence-electron chi connectivity index (χ1n) is 8.49. The number of aromatic hydroxyl groups is 1. The molecule has 4 heteroatoms. The molecule has 0 bridgehead atoms. The second-order valence-corrected chi connectivity index (χ2v) is 13.7. The molecule has 0 aliphatic carbocycles. The zero-order valence-corrected chi connectivity index (χ0v) is 17.0. The van der Waals surface area contributed by atoms with Crippen LogP contribution < -0.4 is 0 Å². The number of phenolic OH excluding ortho intramolecular Hbond substituents is 1. The van der Waals surface area contributed by atoms with E-state index in [0.717, 1.165) is 16.7 Å². The Morgan fingerprint density at radius 3 is 1.43 bits per heavy atom. The van der Waals surface area contributed by atoms with Crippen molar-refractivity contribution in [1.29, 1.82) is 0 Å². The summed E-state index contributed by atoms with van der Waals surface area (Å²) in [7, 11) is -3.68. The van der Waals surface area contributed by atoms with Crippen molar-refractivity contribution in [1.82, 2.24) is 0 Å². The van der Waals surface area contributed by atoms with Gasteiger partial charge in [0.15, 0.2) is 0 Å². The second-order valence-electron chi connectivity index (χ2n) is 8.94. The van der Waals surface area contributed by atoms with Gasteiger partial charge in [0.25, 0.3) is 0 Å². The van der Waals surface area contributed by atoms with E-state index >= 15 is 0 Å². The number of benzene rings is 1. The van der Waals surface area contributed by atoms with E-state index in [1.165, 1.54) is 0 Å². The molecule has 0 saturated carbocycles. The molecule has 1 aromatic rings. The van der Waals surface area contributed by atoms with Gasteiger partial charge in [-0.2, -0.15) is 0 Å². The Kier molecular flexibility index (Phi) is 5.35. The van der Waals surface area contributed by atoms with Crippen LogP contribution in [0.5, 0.6) is 5.75 Å². The first-order valence-corrected chi connectivity index (χ1v) is 11.2. The summed E-state index contributed by atoms with van der Waals surface area (Å²) in [6.45, 7) is 16.1. The molecule has 0 spiro atoms. The van der Waals surface area contributed by atoms with Gasteiger partial charge in [-0.05, 0) is 0 Å². The Morgan fingerprint density at radius 1 is 0.826 bits per heavy atom. The number of hydrogen-bond acceptors (Lipinski definition) is 3. The summed E-state index contributed by atoms with van der Waals surface area (Å²) in [6, 6.07) is 3.90. The summed E-state index contributed by atoms with van der Waals surface area (Å²) in [5, 5.41) is 10.7. The van der Waals surface area contributed by atoms with Gasteiger partial charge in [0.05, 0.1) is 0 Å². The first kappa shape index (κ1) is 20.4. The van der Waals surface area contributed by atoms with Gasteiger partial charge < -0.3 is 0 Å². The van der Waals surface area contributed by atoms with Crippen LogP contribution in [0.1, 0.15) is 72.1 Å². The molecule has 0 fully saturated rings. The Labute approximate surface area is 141 Å². The second kappa shape index (κ2) is 6.02. The molecule has 0 atom stereocenters. The fourth-order valence-corrected chi connectivity index (χ4v) is 4.72. The Balaban J connectivity index is 3.58. The van der Waals surface area contributed by atoms with E-state index in [1.807, 2.05) is 26.0 Å². The van der Waals surface area contributed by atoms with Crippen LogP contribution >= 0.6 is 7.06 Å². The molecule has 3 N–H and O–H groups in total. The summed E-state index contributed by atoms with van der Waals surface area (Å²) < 4.78 is 0. The molecule has 3 nitrogen and oxygen atoms in total. The van der Waals surface area contributed by atoms with Gasteiger partial charge in [-0.25, -0.2) is 0 Å². The molecule has 0 aromatic heterocycles. The van der Waals surface area contributed by atoms with Gasteiger partial charge in [0.2, 0.25) is 0 Å².